The first-order valence-electron chi connectivity index (χ1n) is 6.48. The zero-order valence-electron chi connectivity index (χ0n) is 10.7. The molecule has 19 heavy (non-hydrogen) atoms. The van der Waals surface area contributed by atoms with Gasteiger partial charge in [-0.3, -0.25) is 9.59 Å². The van der Waals surface area contributed by atoms with Gasteiger partial charge in [0, 0.05) is 19.0 Å². The van der Waals surface area contributed by atoms with E-state index in [-0.39, 0.29) is 24.3 Å². The molecule has 1 aliphatic carbocycles. The predicted octanol–water partition coefficient (Wildman–Crippen LogP) is 0.708. The number of amides is 2. The molecule has 0 aromatic heterocycles. The molecule has 0 radical (unpaired) electrons. The summed E-state index contributed by atoms with van der Waals surface area (Å²) in [6.07, 6.45) is 1.98. The standard InChI is InChI=1S/C14H18N2O3/c17-13(10-19-12-4-2-1-3-5-12)15-8-9-16-14(18)11-6-7-11/h1-5,11H,6-10H2,(H,15,17)(H,16,18). The molecule has 5 heteroatoms. The van der Waals surface area contributed by atoms with Gasteiger partial charge < -0.3 is 15.4 Å². The highest BCUT2D eigenvalue weighted by molar-refractivity contribution is 5.81. The zero-order valence-corrected chi connectivity index (χ0v) is 10.7. The Morgan fingerprint density at radius 2 is 1.79 bits per heavy atom. The summed E-state index contributed by atoms with van der Waals surface area (Å²) in [6.45, 7) is 0.877. The second-order valence-electron chi connectivity index (χ2n) is 4.52. The smallest absolute Gasteiger partial charge is 0.258 e. The molecule has 0 bridgehead atoms. The van der Waals surface area contributed by atoms with Crippen molar-refractivity contribution in [3.8, 4) is 5.75 Å². The van der Waals surface area contributed by atoms with E-state index in [1.807, 2.05) is 18.2 Å². The molecule has 1 aliphatic rings. The third kappa shape index (κ3) is 4.99. The van der Waals surface area contributed by atoms with Crippen LogP contribution in [0.25, 0.3) is 0 Å². The molecule has 5 nitrogen and oxygen atoms in total. The molecule has 2 rings (SSSR count). The van der Waals surface area contributed by atoms with E-state index in [0.717, 1.165) is 12.8 Å². The molecule has 0 spiro atoms. The maximum absolute atomic E-state index is 11.5. The first kappa shape index (κ1) is 13.4. The highest BCUT2D eigenvalue weighted by Crippen LogP contribution is 2.28. The van der Waals surface area contributed by atoms with Crippen molar-refractivity contribution >= 4 is 11.8 Å². The molecule has 102 valence electrons. The van der Waals surface area contributed by atoms with Crippen LogP contribution in [0.3, 0.4) is 0 Å². The molecular weight excluding hydrogens is 244 g/mol. The van der Waals surface area contributed by atoms with Gasteiger partial charge in [-0.25, -0.2) is 0 Å². The maximum atomic E-state index is 11.5. The third-order valence-corrected chi connectivity index (χ3v) is 2.81. The quantitative estimate of drug-likeness (QED) is 0.711. The number of rotatable bonds is 7. The Kier molecular flexibility index (Phi) is 4.78. The minimum Gasteiger partial charge on any atom is -0.484 e. The van der Waals surface area contributed by atoms with Gasteiger partial charge in [0.25, 0.3) is 5.91 Å². The average molecular weight is 262 g/mol. The van der Waals surface area contributed by atoms with Crippen LogP contribution in [0.4, 0.5) is 0 Å². The predicted molar refractivity (Wildman–Crippen MR) is 70.7 cm³/mol. The first-order valence-corrected chi connectivity index (χ1v) is 6.48. The fraction of sp³-hybridized carbons (Fsp3) is 0.429. The Morgan fingerprint density at radius 1 is 1.11 bits per heavy atom. The van der Waals surface area contributed by atoms with E-state index < -0.39 is 0 Å². The molecule has 0 saturated heterocycles. The zero-order chi connectivity index (χ0) is 13.5. The number of carbonyl (C=O) groups excluding carboxylic acids is 2. The number of hydrogen-bond acceptors (Lipinski definition) is 3. The van der Waals surface area contributed by atoms with E-state index in [1.54, 1.807) is 12.1 Å². The lowest BCUT2D eigenvalue weighted by Gasteiger charge is -2.08. The fourth-order valence-electron chi connectivity index (χ4n) is 1.59. The molecule has 0 unspecified atom stereocenters. The SMILES string of the molecule is O=C(COc1ccccc1)NCCNC(=O)C1CC1. The second kappa shape index (κ2) is 6.78. The molecule has 1 aromatic rings. The van der Waals surface area contributed by atoms with Gasteiger partial charge in [0.1, 0.15) is 5.75 Å². The number of ether oxygens (including phenoxy) is 1. The summed E-state index contributed by atoms with van der Waals surface area (Å²) in [4.78, 5) is 22.8. The van der Waals surface area contributed by atoms with Gasteiger partial charge in [0.2, 0.25) is 5.91 Å². The van der Waals surface area contributed by atoms with Crippen molar-refractivity contribution < 1.29 is 14.3 Å². The fourth-order valence-corrected chi connectivity index (χ4v) is 1.59. The van der Waals surface area contributed by atoms with E-state index in [1.165, 1.54) is 0 Å². The first-order chi connectivity index (χ1) is 9.25. The number of benzene rings is 1. The molecular formula is C14H18N2O3. The monoisotopic (exact) mass is 262 g/mol. The van der Waals surface area contributed by atoms with Gasteiger partial charge >= 0.3 is 0 Å². The molecule has 0 atom stereocenters. The summed E-state index contributed by atoms with van der Waals surface area (Å²) in [5, 5.41) is 5.47. The van der Waals surface area contributed by atoms with Crippen LogP contribution in [-0.2, 0) is 9.59 Å². The van der Waals surface area contributed by atoms with Crippen LogP contribution in [0, 0.1) is 5.92 Å². The lowest BCUT2D eigenvalue weighted by atomic mass is 10.3. The summed E-state index contributed by atoms with van der Waals surface area (Å²) >= 11 is 0. The molecule has 0 aliphatic heterocycles. The highest BCUT2D eigenvalue weighted by atomic mass is 16.5. The van der Waals surface area contributed by atoms with Gasteiger partial charge in [-0.1, -0.05) is 18.2 Å². The average Bonchev–Trinajstić information content (AvgIpc) is 3.27. The van der Waals surface area contributed by atoms with Crippen molar-refractivity contribution in [1.29, 1.82) is 0 Å². The van der Waals surface area contributed by atoms with E-state index in [2.05, 4.69) is 10.6 Å². The summed E-state index contributed by atoms with van der Waals surface area (Å²) < 4.78 is 5.29. The van der Waals surface area contributed by atoms with Crippen molar-refractivity contribution in [2.24, 2.45) is 5.92 Å². The van der Waals surface area contributed by atoms with Crippen LogP contribution in [0.2, 0.25) is 0 Å². The molecule has 1 saturated carbocycles. The van der Waals surface area contributed by atoms with Gasteiger partial charge in [-0.2, -0.15) is 0 Å². The molecule has 0 heterocycles. The van der Waals surface area contributed by atoms with Crippen molar-refractivity contribution in [3.63, 3.8) is 0 Å². The highest BCUT2D eigenvalue weighted by Gasteiger charge is 2.28. The Labute approximate surface area is 112 Å². The van der Waals surface area contributed by atoms with Gasteiger partial charge in [-0.15, -0.1) is 0 Å². The lowest BCUT2D eigenvalue weighted by Crippen LogP contribution is -2.37. The van der Waals surface area contributed by atoms with Gasteiger partial charge in [0.15, 0.2) is 6.61 Å². The third-order valence-electron chi connectivity index (χ3n) is 2.81. The second-order valence-corrected chi connectivity index (χ2v) is 4.52. The molecule has 1 fully saturated rings. The molecule has 2 amide bonds. The number of nitrogens with one attached hydrogen (secondary N) is 2. The van der Waals surface area contributed by atoms with E-state index in [0.29, 0.717) is 18.8 Å². The topological polar surface area (TPSA) is 67.4 Å². The number of hydrogen-bond donors (Lipinski definition) is 2. The minimum absolute atomic E-state index is 0.0133. The van der Waals surface area contributed by atoms with E-state index in [4.69, 9.17) is 4.74 Å². The van der Waals surface area contributed by atoms with Crippen LogP contribution in [0.5, 0.6) is 5.75 Å². The summed E-state index contributed by atoms with van der Waals surface area (Å²) in [7, 11) is 0. The Morgan fingerprint density at radius 3 is 2.47 bits per heavy atom. The minimum atomic E-state index is -0.190. The summed E-state index contributed by atoms with van der Waals surface area (Å²) in [5.74, 6) is 0.774. The normalized spacial score (nSPS) is 13.7. The van der Waals surface area contributed by atoms with Crippen molar-refractivity contribution in [1.82, 2.24) is 10.6 Å². The van der Waals surface area contributed by atoms with Gasteiger partial charge in [0.05, 0.1) is 0 Å². The largest absolute Gasteiger partial charge is 0.484 e. The lowest BCUT2D eigenvalue weighted by molar-refractivity contribution is -0.124. The Hall–Kier alpha value is -2.04. The molecule has 1 aromatic carbocycles. The van der Waals surface area contributed by atoms with Crippen LogP contribution >= 0.6 is 0 Å². The van der Waals surface area contributed by atoms with E-state index in [9.17, 15) is 9.59 Å². The number of carbonyl (C=O) groups is 2. The van der Waals surface area contributed by atoms with Crippen LogP contribution < -0.4 is 15.4 Å². The van der Waals surface area contributed by atoms with Crippen LogP contribution in [0.1, 0.15) is 12.8 Å². The van der Waals surface area contributed by atoms with Crippen molar-refractivity contribution in [2.45, 2.75) is 12.8 Å². The van der Waals surface area contributed by atoms with Crippen LogP contribution in [-0.4, -0.2) is 31.5 Å². The Bertz CT molecular complexity index is 430. The summed E-state index contributed by atoms with van der Waals surface area (Å²) in [6, 6.07) is 9.17. The van der Waals surface area contributed by atoms with Crippen LogP contribution in [0.15, 0.2) is 30.3 Å². The molecule has 2 N–H and O–H groups in total. The van der Waals surface area contributed by atoms with Gasteiger partial charge in [-0.05, 0) is 25.0 Å². The Balaban J connectivity index is 1.53. The van der Waals surface area contributed by atoms with E-state index >= 15 is 0 Å². The number of para-hydroxylation sites is 1. The van der Waals surface area contributed by atoms with Crippen molar-refractivity contribution in [2.75, 3.05) is 19.7 Å². The van der Waals surface area contributed by atoms with Crippen molar-refractivity contribution in [3.05, 3.63) is 30.3 Å². The summed E-state index contributed by atoms with van der Waals surface area (Å²) in [5.41, 5.74) is 0. The maximum Gasteiger partial charge on any atom is 0.258 e.